The molecule has 5 heteroatoms. The first-order valence-electron chi connectivity index (χ1n) is 4.07. The van der Waals surface area contributed by atoms with Crippen molar-refractivity contribution in [2.45, 2.75) is 18.9 Å². The molecule has 0 radical (unpaired) electrons. The van der Waals surface area contributed by atoms with E-state index < -0.39 is 0 Å². The Labute approximate surface area is 71.8 Å². The Balaban J connectivity index is 2.24. The summed E-state index contributed by atoms with van der Waals surface area (Å²) >= 11 is 0. The van der Waals surface area contributed by atoms with Gasteiger partial charge in [-0.1, -0.05) is 0 Å². The van der Waals surface area contributed by atoms with Crippen LogP contribution in [-0.2, 0) is 4.74 Å². The first-order chi connectivity index (χ1) is 5.74. The molecule has 0 aromatic carbocycles. The number of amides is 2. The molecule has 1 aliphatic rings. The van der Waals surface area contributed by atoms with Gasteiger partial charge >= 0.3 is 6.03 Å². The Morgan fingerprint density at radius 1 is 1.83 bits per heavy atom. The van der Waals surface area contributed by atoms with Crippen molar-refractivity contribution >= 4 is 6.03 Å². The van der Waals surface area contributed by atoms with Crippen LogP contribution in [0.15, 0.2) is 0 Å². The van der Waals surface area contributed by atoms with Crippen LogP contribution >= 0.6 is 0 Å². The normalized spacial score (nSPS) is 22.3. The number of ether oxygens (including phenoxy) is 1. The van der Waals surface area contributed by atoms with E-state index in [2.05, 4.69) is 5.43 Å². The number of hydrazine groups is 1. The molecule has 1 rings (SSSR count). The average Bonchev–Trinajstić information content (AvgIpc) is 2.55. The Kier molecular flexibility index (Phi) is 3.31. The molecule has 1 atom stereocenters. The fourth-order valence-corrected chi connectivity index (χ4v) is 1.29. The number of urea groups is 1. The molecule has 1 fully saturated rings. The lowest BCUT2D eigenvalue weighted by Crippen LogP contribution is -2.44. The van der Waals surface area contributed by atoms with Crippen molar-refractivity contribution in [3.05, 3.63) is 0 Å². The lowest BCUT2D eigenvalue weighted by molar-refractivity contribution is 0.0875. The lowest BCUT2D eigenvalue weighted by Gasteiger charge is -2.19. The van der Waals surface area contributed by atoms with Crippen LogP contribution in [0.2, 0.25) is 0 Å². The number of nitrogens with two attached hydrogens (primary N) is 1. The van der Waals surface area contributed by atoms with E-state index in [1.54, 1.807) is 7.05 Å². The molecule has 0 aromatic rings. The van der Waals surface area contributed by atoms with Crippen LogP contribution in [0.1, 0.15) is 12.8 Å². The Bertz CT molecular complexity index is 157. The quantitative estimate of drug-likeness (QED) is 0.341. The molecule has 0 aliphatic carbocycles. The van der Waals surface area contributed by atoms with Crippen molar-refractivity contribution in [3.63, 3.8) is 0 Å². The van der Waals surface area contributed by atoms with Gasteiger partial charge in [-0.15, -0.1) is 0 Å². The van der Waals surface area contributed by atoms with Gasteiger partial charge in [0.2, 0.25) is 0 Å². The highest BCUT2D eigenvalue weighted by atomic mass is 16.5. The predicted octanol–water partition coefficient (Wildman–Crippen LogP) is -0.319. The van der Waals surface area contributed by atoms with Crippen LogP contribution in [-0.4, -0.2) is 37.2 Å². The Morgan fingerprint density at radius 3 is 3.08 bits per heavy atom. The maximum absolute atomic E-state index is 10.9. The summed E-state index contributed by atoms with van der Waals surface area (Å²) in [6.07, 6.45) is 2.30. The number of rotatable bonds is 2. The van der Waals surface area contributed by atoms with Gasteiger partial charge in [0.05, 0.1) is 6.10 Å². The van der Waals surface area contributed by atoms with E-state index in [9.17, 15) is 4.79 Å². The second-order valence-corrected chi connectivity index (χ2v) is 2.97. The van der Waals surface area contributed by atoms with Gasteiger partial charge in [-0.2, -0.15) is 0 Å². The fraction of sp³-hybridized carbons (Fsp3) is 0.857. The van der Waals surface area contributed by atoms with Crippen molar-refractivity contribution in [2.75, 3.05) is 20.2 Å². The summed E-state index contributed by atoms with van der Waals surface area (Å²) in [5.74, 6) is 4.97. The third-order valence-electron chi connectivity index (χ3n) is 1.97. The molecular formula is C7H15N3O2. The maximum atomic E-state index is 10.9. The Morgan fingerprint density at radius 2 is 2.58 bits per heavy atom. The van der Waals surface area contributed by atoms with Gasteiger partial charge in [-0.05, 0) is 12.8 Å². The highest BCUT2D eigenvalue weighted by Gasteiger charge is 2.19. The second kappa shape index (κ2) is 4.27. The van der Waals surface area contributed by atoms with Gasteiger partial charge in [0.15, 0.2) is 0 Å². The van der Waals surface area contributed by atoms with Crippen LogP contribution in [0.4, 0.5) is 4.79 Å². The van der Waals surface area contributed by atoms with Gasteiger partial charge in [-0.3, -0.25) is 5.43 Å². The molecule has 0 saturated carbocycles. The number of likely N-dealkylation sites (N-methyl/N-ethyl adjacent to an activating group) is 1. The molecule has 1 unspecified atom stereocenters. The van der Waals surface area contributed by atoms with E-state index in [4.69, 9.17) is 10.6 Å². The van der Waals surface area contributed by atoms with Crippen LogP contribution in [0, 0.1) is 0 Å². The van der Waals surface area contributed by atoms with Gasteiger partial charge in [0.25, 0.3) is 0 Å². The standard InChI is InChI=1S/C7H15N3O2/c1-10(7(11)9-8)5-6-3-2-4-12-6/h6H,2-5,8H2,1H3,(H,9,11). The number of nitrogens with one attached hydrogen (secondary N) is 1. The minimum atomic E-state index is -0.273. The molecule has 5 nitrogen and oxygen atoms in total. The van der Waals surface area contributed by atoms with Gasteiger partial charge < -0.3 is 9.64 Å². The Hall–Kier alpha value is -0.810. The van der Waals surface area contributed by atoms with E-state index in [1.807, 2.05) is 0 Å². The molecule has 1 heterocycles. The van der Waals surface area contributed by atoms with Gasteiger partial charge in [0.1, 0.15) is 0 Å². The minimum absolute atomic E-state index is 0.187. The third-order valence-corrected chi connectivity index (χ3v) is 1.97. The monoisotopic (exact) mass is 173 g/mol. The first kappa shape index (κ1) is 9.28. The summed E-state index contributed by atoms with van der Waals surface area (Å²) in [6, 6.07) is -0.273. The zero-order valence-corrected chi connectivity index (χ0v) is 7.25. The minimum Gasteiger partial charge on any atom is -0.376 e. The molecule has 1 saturated heterocycles. The van der Waals surface area contributed by atoms with Crippen LogP contribution < -0.4 is 11.3 Å². The molecule has 70 valence electrons. The smallest absolute Gasteiger partial charge is 0.331 e. The number of hydrogen-bond acceptors (Lipinski definition) is 3. The highest BCUT2D eigenvalue weighted by molar-refractivity contribution is 5.73. The van der Waals surface area contributed by atoms with Crippen molar-refractivity contribution in [1.29, 1.82) is 0 Å². The summed E-state index contributed by atoms with van der Waals surface area (Å²) in [5, 5.41) is 0. The molecule has 12 heavy (non-hydrogen) atoms. The molecule has 0 aromatic heterocycles. The van der Waals surface area contributed by atoms with E-state index in [0.717, 1.165) is 19.4 Å². The molecular weight excluding hydrogens is 158 g/mol. The molecule has 3 N–H and O–H groups in total. The number of nitrogens with zero attached hydrogens (tertiary/aromatic N) is 1. The topological polar surface area (TPSA) is 67.6 Å². The van der Waals surface area contributed by atoms with Crippen LogP contribution in [0.3, 0.4) is 0 Å². The van der Waals surface area contributed by atoms with E-state index >= 15 is 0 Å². The zero-order valence-electron chi connectivity index (χ0n) is 7.25. The van der Waals surface area contributed by atoms with E-state index in [1.165, 1.54) is 4.90 Å². The predicted molar refractivity (Wildman–Crippen MR) is 44.3 cm³/mol. The van der Waals surface area contributed by atoms with Crippen molar-refractivity contribution in [3.8, 4) is 0 Å². The highest BCUT2D eigenvalue weighted by Crippen LogP contribution is 2.12. The van der Waals surface area contributed by atoms with Crippen molar-refractivity contribution in [1.82, 2.24) is 10.3 Å². The lowest BCUT2D eigenvalue weighted by atomic mass is 10.2. The summed E-state index contributed by atoms with van der Waals surface area (Å²) in [7, 11) is 1.70. The number of hydrogen-bond donors (Lipinski definition) is 2. The second-order valence-electron chi connectivity index (χ2n) is 2.97. The molecule has 0 spiro atoms. The van der Waals surface area contributed by atoms with Crippen LogP contribution in [0.25, 0.3) is 0 Å². The van der Waals surface area contributed by atoms with E-state index in [-0.39, 0.29) is 12.1 Å². The van der Waals surface area contributed by atoms with E-state index in [0.29, 0.717) is 6.54 Å². The summed E-state index contributed by atoms with van der Waals surface area (Å²) < 4.78 is 5.36. The number of carbonyl (C=O) groups is 1. The largest absolute Gasteiger partial charge is 0.376 e. The molecule has 0 bridgehead atoms. The molecule has 2 amide bonds. The first-order valence-corrected chi connectivity index (χ1v) is 4.07. The number of carbonyl (C=O) groups excluding carboxylic acids is 1. The summed E-state index contributed by atoms with van der Waals surface area (Å²) in [4.78, 5) is 12.5. The van der Waals surface area contributed by atoms with Gasteiger partial charge in [-0.25, -0.2) is 10.6 Å². The summed E-state index contributed by atoms with van der Waals surface area (Å²) in [5.41, 5.74) is 2.07. The SMILES string of the molecule is CN(CC1CCCO1)C(=O)NN. The molecule has 1 aliphatic heterocycles. The third kappa shape index (κ3) is 2.35. The average molecular weight is 173 g/mol. The zero-order chi connectivity index (χ0) is 8.97. The van der Waals surface area contributed by atoms with Crippen molar-refractivity contribution in [2.24, 2.45) is 5.84 Å². The fourth-order valence-electron chi connectivity index (χ4n) is 1.29. The van der Waals surface area contributed by atoms with Crippen LogP contribution in [0.5, 0.6) is 0 Å². The summed E-state index contributed by atoms with van der Waals surface area (Å²) in [6.45, 7) is 1.42. The maximum Gasteiger partial charge on any atom is 0.331 e. The van der Waals surface area contributed by atoms with Crippen molar-refractivity contribution < 1.29 is 9.53 Å². The van der Waals surface area contributed by atoms with Gasteiger partial charge in [0, 0.05) is 20.2 Å².